The number of carboxylic acids is 1. The van der Waals surface area contributed by atoms with Crippen molar-refractivity contribution in [3.05, 3.63) is 29.3 Å². The van der Waals surface area contributed by atoms with Crippen LogP contribution in [0, 0.1) is 5.92 Å². The molecule has 1 aromatic carbocycles. The maximum Gasteiger partial charge on any atom is 0.323 e. The predicted octanol–water partition coefficient (Wildman–Crippen LogP) is 3.24. The molecule has 0 aliphatic heterocycles. The summed E-state index contributed by atoms with van der Waals surface area (Å²) in [5.74, 6) is 0.250. The van der Waals surface area contributed by atoms with Crippen LogP contribution in [0.3, 0.4) is 0 Å². The molecule has 0 aromatic heterocycles. The Morgan fingerprint density at radius 2 is 2.14 bits per heavy atom. The first kappa shape index (κ1) is 14.9. The fourth-order valence-electron chi connectivity index (χ4n) is 3.74. The number of hydrogen-bond donors (Lipinski definition) is 2. The van der Waals surface area contributed by atoms with Gasteiger partial charge in [0.25, 0.3) is 0 Å². The molecule has 3 N–H and O–H groups in total. The molecule has 0 saturated heterocycles. The average molecular weight is 305 g/mol. The van der Waals surface area contributed by atoms with Crippen molar-refractivity contribution in [3.63, 3.8) is 0 Å². The highest BCUT2D eigenvalue weighted by Crippen LogP contribution is 2.38. The largest absolute Gasteiger partial charge is 0.480 e. The summed E-state index contributed by atoms with van der Waals surface area (Å²) in [5.41, 5.74) is 8.10. The van der Waals surface area contributed by atoms with Gasteiger partial charge in [0.05, 0.1) is 0 Å². The second kappa shape index (κ2) is 6.01. The lowest BCUT2D eigenvalue weighted by Crippen LogP contribution is -2.51. The van der Waals surface area contributed by atoms with Crippen molar-refractivity contribution in [1.82, 2.24) is 0 Å². The van der Waals surface area contributed by atoms with E-state index in [-0.39, 0.29) is 5.92 Å². The van der Waals surface area contributed by atoms with Crippen molar-refractivity contribution < 1.29 is 9.90 Å². The van der Waals surface area contributed by atoms with E-state index in [4.69, 9.17) is 5.73 Å². The van der Waals surface area contributed by atoms with Crippen LogP contribution in [0.2, 0.25) is 0 Å². The Bertz CT molecular complexity index is 546. The Hall–Kier alpha value is -1.00. The molecule has 0 bridgehead atoms. The van der Waals surface area contributed by atoms with Crippen molar-refractivity contribution in [1.29, 1.82) is 0 Å². The molecular formula is C17H23NO2S. The van der Waals surface area contributed by atoms with E-state index < -0.39 is 11.5 Å². The zero-order chi connectivity index (χ0) is 14.9. The van der Waals surface area contributed by atoms with Crippen LogP contribution in [0.25, 0.3) is 0 Å². The van der Waals surface area contributed by atoms with Crippen LogP contribution < -0.4 is 5.73 Å². The first-order valence-corrected chi connectivity index (χ1v) is 8.85. The van der Waals surface area contributed by atoms with Gasteiger partial charge in [0.1, 0.15) is 5.54 Å². The first-order valence-electron chi connectivity index (χ1n) is 7.86. The fraction of sp³-hybridized carbons (Fsp3) is 0.588. The van der Waals surface area contributed by atoms with Crippen LogP contribution in [0.5, 0.6) is 0 Å². The van der Waals surface area contributed by atoms with Crippen molar-refractivity contribution in [3.8, 4) is 0 Å². The number of hydrogen-bond acceptors (Lipinski definition) is 3. The Morgan fingerprint density at radius 3 is 2.95 bits per heavy atom. The summed E-state index contributed by atoms with van der Waals surface area (Å²) >= 11 is 1.84. The normalized spacial score (nSPS) is 27.8. The van der Waals surface area contributed by atoms with Crippen LogP contribution in [-0.2, 0) is 17.6 Å². The quantitative estimate of drug-likeness (QED) is 0.820. The fourth-order valence-corrected chi connectivity index (χ4v) is 4.77. The molecule has 4 heteroatoms. The molecule has 2 atom stereocenters. The topological polar surface area (TPSA) is 63.3 Å². The van der Waals surface area contributed by atoms with Gasteiger partial charge >= 0.3 is 5.97 Å². The van der Waals surface area contributed by atoms with E-state index in [2.05, 4.69) is 18.2 Å². The van der Waals surface area contributed by atoms with Crippen molar-refractivity contribution >= 4 is 17.7 Å². The van der Waals surface area contributed by atoms with Crippen molar-refractivity contribution in [2.75, 3.05) is 5.75 Å². The highest BCUT2D eigenvalue weighted by atomic mass is 32.2. The van der Waals surface area contributed by atoms with Gasteiger partial charge in [0.2, 0.25) is 0 Å². The number of aryl methyl sites for hydroxylation is 2. The molecule has 3 nitrogen and oxygen atoms in total. The summed E-state index contributed by atoms with van der Waals surface area (Å²) in [6, 6.07) is 6.77. The zero-order valence-corrected chi connectivity index (χ0v) is 13.1. The van der Waals surface area contributed by atoms with Gasteiger partial charge in [-0.25, -0.2) is 0 Å². The number of carboxylic acid groups (broad SMARTS) is 1. The number of aliphatic carboxylic acids is 1. The number of thioether (sulfide) groups is 1. The summed E-state index contributed by atoms with van der Waals surface area (Å²) in [5, 5.41) is 9.33. The maximum absolute atomic E-state index is 11.4. The van der Waals surface area contributed by atoms with E-state index in [1.807, 2.05) is 11.8 Å². The van der Waals surface area contributed by atoms with E-state index in [1.165, 1.54) is 35.3 Å². The molecular weight excluding hydrogens is 282 g/mol. The van der Waals surface area contributed by atoms with E-state index in [0.29, 0.717) is 6.42 Å². The van der Waals surface area contributed by atoms with Gasteiger partial charge in [-0.05, 0) is 73.5 Å². The molecule has 1 fully saturated rings. The third-order valence-electron chi connectivity index (χ3n) is 5.07. The summed E-state index contributed by atoms with van der Waals surface area (Å²) in [4.78, 5) is 12.7. The third kappa shape index (κ3) is 2.97. The van der Waals surface area contributed by atoms with Crippen LogP contribution in [-0.4, -0.2) is 22.4 Å². The summed E-state index contributed by atoms with van der Waals surface area (Å²) < 4.78 is 0. The Kier molecular flexibility index (Phi) is 4.27. The van der Waals surface area contributed by atoms with Crippen LogP contribution in [0.15, 0.2) is 23.1 Å². The van der Waals surface area contributed by atoms with Gasteiger partial charge in [-0.15, -0.1) is 11.8 Å². The summed E-state index contributed by atoms with van der Waals surface area (Å²) in [7, 11) is 0. The molecule has 0 radical (unpaired) electrons. The molecule has 2 aliphatic carbocycles. The Labute approximate surface area is 130 Å². The molecule has 21 heavy (non-hydrogen) atoms. The third-order valence-corrected chi connectivity index (χ3v) is 6.10. The number of rotatable bonds is 5. The SMILES string of the molecule is NC1(C(=O)O)CCCC1CCSc1ccc2c(c1)CCC2. The van der Waals surface area contributed by atoms with E-state index >= 15 is 0 Å². The zero-order valence-electron chi connectivity index (χ0n) is 12.3. The lowest BCUT2D eigenvalue weighted by Gasteiger charge is -2.26. The van der Waals surface area contributed by atoms with Gasteiger partial charge < -0.3 is 10.8 Å². The van der Waals surface area contributed by atoms with Crippen LogP contribution in [0.1, 0.15) is 43.2 Å². The molecule has 0 spiro atoms. The monoisotopic (exact) mass is 305 g/mol. The molecule has 3 rings (SSSR count). The van der Waals surface area contributed by atoms with Gasteiger partial charge in [-0.3, -0.25) is 4.79 Å². The highest BCUT2D eigenvalue weighted by molar-refractivity contribution is 7.99. The molecule has 1 saturated carbocycles. The smallest absolute Gasteiger partial charge is 0.323 e. The minimum absolute atomic E-state index is 0.122. The van der Waals surface area contributed by atoms with Gasteiger partial charge in [0.15, 0.2) is 0 Å². The highest BCUT2D eigenvalue weighted by Gasteiger charge is 2.45. The minimum atomic E-state index is -0.988. The number of benzene rings is 1. The summed E-state index contributed by atoms with van der Waals surface area (Å²) in [6.45, 7) is 0. The second-order valence-electron chi connectivity index (χ2n) is 6.36. The first-order chi connectivity index (χ1) is 10.1. The molecule has 2 aliphatic rings. The number of carbonyl (C=O) groups is 1. The molecule has 114 valence electrons. The average Bonchev–Trinajstić information content (AvgIpc) is 3.06. The van der Waals surface area contributed by atoms with E-state index in [1.54, 1.807) is 0 Å². The molecule has 1 aromatic rings. The van der Waals surface area contributed by atoms with Crippen LogP contribution >= 0.6 is 11.8 Å². The molecule has 0 heterocycles. The maximum atomic E-state index is 11.4. The second-order valence-corrected chi connectivity index (χ2v) is 7.52. The predicted molar refractivity (Wildman–Crippen MR) is 85.7 cm³/mol. The molecule has 2 unspecified atom stereocenters. The van der Waals surface area contributed by atoms with E-state index in [0.717, 1.165) is 25.0 Å². The van der Waals surface area contributed by atoms with Gasteiger partial charge in [-0.1, -0.05) is 12.5 Å². The van der Waals surface area contributed by atoms with Gasteiger partial charge in [-0.2, -0.15) is 0 Å². The van der Waals surface area contributed by atoms with Crippen molar-refractivity contribution in [2.45, 2.75) is 55.4 Å². The summed E-state index contributed by atoms with van der Waals surface area (Å²) in [6.07, 6.45) is 7.11. The van der Waals surface area contributed by atoms with Crippen molar-refractivity contribution in [2.24, 2.45) is 11.7 Å². The number of nitrogens with two attached hydrogens (primary N) is 1. The minimum Gasteiger partial charge on any atom is -0.480 e. The lowest BCUT2D eigenvalue weighted by atomic mass is 9.86. The van der Waals surface area contributed by atoms with E-state index in [9.17, 15) is 9.90 Å². The van der Waals surface area contributed by atoms with Gasteiger partial charge in [0, 0.05) is 4.90 Å². The standard InChI is InChI=1S/C17H23NO2S/c18-17(16(19)20)9-2-5-14(17)8-10-21-15-7-6-12-3-1-4-13(12)11-15/h6-7,11,14H,1-5,8-10,18H2,(H,19,20). The molecule has 0 amide bonds. The lowest BCUT2D eigenvalue weighted by molar-refractivity contribution is -0.144. The van der Waals surface area contributed by atoms with Crippen LogP contribution in [0.4, 0.5) is 0 Å². The number of fused-ring (bicyclic) bond motifs is 1. The Balaban J connectivity index is 1.55. The Morgan fingerprint density at radius 1 is 1.33 bits per heavy atom.